The van der Waals surface area contributed by atoms with Crippen LogP contribution in [0.5, 0.6) is 0 Å². The van der Waals surface area contributed by atoms with Crippen molar-refractivity contribution >= 4 is 17.8 Å². The average Bonchev–Trinajstić information content (AvgIpc) is 2.60. The third kappa shape index (κ3) is 3.57. The Labute approximate surface area is 152 Å². The van der Waals surface area contributed by atoms with E-state index in [0.29, 0.717) is 0 Å². The number of rotatable bonds is 3. The molecule has 0 radical (unpaired) electrons. The van der Waals surface area contributed by atoms with E-state index in [1.165, 1.54) is 0 Å². The molecule has 2 aromatic rings. The lowest BCUT2D eigenvalue weighted by atomic mass is 9.53. The van der Waals surface area contributed by atoms with Crippen LogP contribution in [0.1, 0.15) is 20.8 Å². The van der Waals surface area contributed by atoms with E-state index in [4.69, 9.17) is 4.65 Å². The first kappa shape index (κ1) is 22.1. The van der Waals surface area contributed by atoms with Gasteiger partial charge in [-0.15, -0.1) is 0 Å². The Balaban J connectivity index is 2.97. The topological polar surface area (TPSA) is 9.23 Å². The van der Waals surface area contributed by atoms with E-state index < -0.39 is 81.6 Å². The van der Waals surface area contributed by atoms with Crippen LogP contribution in [0.4, 0.5) is 43.9 Å². The number of hydrogen-bond acceptors (Lipinski definition) is 1. The Hall–Kier alpha value is -2.24. The molecule has 0 saturated carbocycles. The number of halogens is 10. The van der Waals surface area contributed by atoms with Gasteiger partial charge in [-0.2, -0.15) is 0 Å². The molecule has 0 aliphatic heterocycles. The zero-order valence-electron chi connectivity index (χ0n) is 14.3. The van der Waals surface area contributed by atoms with Gasteiger partial charge in [0, 0.05) is 16.5 Å². The van der Waals surface area contributed by atoms with Crippen molar-refractivity contribution in [3.8, 4) is 0 Å². The lowest BCUT2D eigenvalue weighted by Gasteiger charge is -2.27. The summed E-state index contributed by atoms with van der Waals surface area (Å²) >= 11 is 0. The van der Waals surface area contributed by atoms with E-state index in [1.54, 1.807) is 0 Å². The van der Waals surface area contributed by atoms with Gasteiger partial charge in [-0.1, -0.05) is 0 Å². The van der Waals surface area contributed by atoms with E-state index in [0.717, 1.165) is 20.8 Å². The SMILES string of the molecule is CC(C)(C)OB(c1c(F)c(F)c(F)c(F)c1F)c1c(F)c(F)c(F)c(F)c1F. The fraction of sp³-hybridized carbons (Fsp3) is 0.250. The van der Waals surface area contributed by atoms with Crippen molar-refractivity contribution in [1.29, 1.82) is 0 Å². The second-order valence-corrected chi connectivity index (χ2v) is 6.58. The molecule has 28 heavy (non-hydrogen) atoms. The molecule has 0 aromatic heterocycles. The lowest BCUT2D eigenvalue weighted by molar-refractivity contribution is 0.135. The van der Waals surface area contributed by atoms with Gasteiger partial charge in [0.1, 0.15) is 0 Å². The minimum Gasteiger partial charge on any atom is -0.422 e. The predicted octanol–water partition coefficient (Wildman–Crippen LogP) is 4.00. The van der Waals surface area contributed by atoms with Crippen LogP contribution in [0.2, 0.25) is 0 Å². The molecular weight excluding hydrogens is 409 g/mol. The summed E-state index contributed by atoms with van der Waals surface area (Å²) in [6, 6.07) is 0. The molecule has 0 heterocycles. The highest BCUT2D eigenvalue weighted by Crippen LogP contribution is 2.22. The second kappa shape index (κ2) is 7.30. The molecule has 12 heteroatoms. The van der Waals surface area contributed by atoms with E-state index in [1.807, 2.05) is 0 Å². The van der Waals surface area contributed by atoms with Crippen LogP contribution < -0.4 is 10.9 Å². The fourth-order valence-electron chi connectivity index (χ4n) is 2.32. The van der Waals surface area contributed by atoms with E-state index in [2.05, 4.69) is 0 Å². The van der Waals surface area contributed by atoms with Crippen molar-refractivity contribution in [2.75, 3.05) is 0 Å². The van der Waals surface area contributed by atoms with Gasteiger partial charge in [-0.25, -0.2) is 43.9 Å². The zero-order chi connectivity index (χ0) is 21.7. The largest absolute Gasteiger partial charge is 0.422 e. The minimum atomic E-state index is -2.85. The predicted molar refractivity (Wildman–Crippen MR) is 78.3 cm³/mol. The van der Waals surface area contributed by atoms with Crippen LogP contribution in [-0.4, -0.2) is 12.5 Å². The van der Waals surface area contributed by atoms with E-state index in [9.17, 15) is 43.9 Å². The second-order valence-electron chi connectivity index (χ2n) is 6.58. The quantitative estimate of drug-likeness (QED) is 0.317. The van der Waals surface area contributed by atoms with Crippen molar-refractivity contribution in [3.05, 3.63) is 58.2 Å². The molecule has 0 unspecified atom stereocenters. The maximum atomic E-state index is 14.1. The molecule has 152 valence electrons. The van der Waals surface area contributed by atoms with Gasteiger partial charge < -0.3 is 4.65 Å². The summed E-state index contributed by atoms with van der Waals surface area (Å²) in [5.74, 6) is -25.3. The summed E-state index contributed by atoms with van der Waals surface area (Å²) in [7, 11) is 0. The first-order valence-electron chi connectivity index (χ1n) is 7.41. The van der Waals surface area contributed by atoms with Gasteiger partial charge in [-0.3, -0.25) is 0 Å². The molecule has 0 N–H and O–H groups in total. The van der Waals surface area contributed by atoms with Crippen molar-refractivity contribution in [2.45, 2.75) is 26.4 Å². The highest BCUT2D eigenvalue weighted by molar-refractivity contribution is 6.80. The third-order valence-electron chi connectivity index (χ3n) is 3.48. The molecular formula is C16H9BF10O. The van der Waals surface area contributed by atoms with Crippen LogP contribution in [0, 0.1) is 58.2 Å². The van der Waals surface area contributed by atoms with Crippen LogP contribution in [0.3, 0.4) is 0 Å². The molecule has 0 spiro atoms. The zero-order valence-corrected chi connectivity index (χ0v) is 14.3. The lowest BCUT2D eigenvalue weighted by Crippen LogP contribution is -2.55. The van der Waals surface area contributed by atoms with Crippen molar-refractivity contribution < 1.29 is 48.6 Å². The first-order chi connectivity index (χ1) is 12.7. The molecule has 0 aliphatic carbocycles. The summed E-state index contributed by atoms with van der Waals surface area (Å²) in [4.78, 5) is 0. The summed E-state index contributed by atoms with van der Waals surface area (Å²) in [6.07, 6.45) is 0. The molecule has 0 fully saturated rings. The summed E-state index contributed by atoms with van der Waals surface area (Å²) in [6.45, 7) is 0.600. The Morgan fingerprint density at radius 2 is 0.679 bits per heavy atom. The summed E-state index contributed by atoms with van der Waals surface area (Å²) < 4.78 is 142. The fourth-order valence-corrected chi connectivity index (χ4v) is 2.32. The highest BCUT2D eigenvalue weighted by Gasteiger charge is 2.43. The Kier molecular flexibility index (Phi) is 5.75. The van der Waals surface area contributed by atoms with Crippen molar-refractivity contribution in [1.82, 2.24) is 0 Å². The van der Waals surface area contributed by atoms with Crippen LogP contribution >= 0.6 is 0 Å². The summed E-state index contributed by atoms with van der Waals surface area (Å²) in [5.41, 5.74) is -5.39. The highest BCUT2D eigenvalue weighted by atomic mass is 19.2. The van der Waals surface area contributed by atoms with Crippen LogP contribution in [0.15, 0.2) is 0 Å². The summed E-state index contributed by atoms with van der Waals surface area (Å²) in [5, 5.41) is 0. The first-order valence-corrected chi connectivity index (χ1v) is 7.41. The molecule has 2 aromatic carbocycles. The van der Waals surface area contributed by atoms with Gasteiger partial charge in [0.05, 0.1) is 0 Å². The van der Waals surface area contributed by atoms with E-state index >= 15 is 0 Å². The van der Waals surface area contributed by atoms with Crippen molar-refractivity contribution in [2.24, 2.45) is 0 Å². The molecule has 0 bridgehead atoms. The molecule has 0 atom stereocenters. The Morgan fingerprint density at radius 1 is 0.464 bits per heavy atom. The number of benzene rings is 2. The normalized spacial score (nSPS) is 11.9. The molecule has 0 saturated heterocycles. The van der Waals surface area contributed by atoms with Crippen LogP contribution in [0.25, 0.3) is 0 Å². The standard InChI is InChI=1S/C16H9BF10O/c1-16(2,3)28-17(4-6(18)10(22)14(26)11(23)7(4)19)5-8(20)12(24)15(27)13(25)9(5)21/h1-3H3. The maximum Gasteiger partial charge on any atom is 0.374 e. The molecule has 0 aliphatic rings. The Bertz CT molecular complexity index is 826. The smallest absolute Gasteiger partial charge is 0.374 e. The molecule has 2 rings (SSSR count). The van der Waals surface area contributed by atoms with Gasteiger partial charge in [0.2, 0.25) is 0 Å². The Morgan fingerprint density at radius 3 is 0.893 bits per heavy atom. The average molecular weight is 418 g/mol. The molecule has 0 amide bonds. The van der Waals surface area contributed by atoms with Gasteiger partial charge in [-0.05, 0) is 20.8 Å². The van der Waals surface area contributed by atoms with E-state index in [-0.39, 0.29) is 0 Å². The van der Waals surface area contributed by atoms with Gasteiger partial charge >= 0.3 is 6.92 Å². The van der Waals surface area contributed by atoms with Gasteiger partial charge in [0.15, 0.2) is 58.2 Å². The molecule has 1 nitrogen and oxygen atoms in total. The maximum absolute atomic E-state index is 14.1. The number of hydrogen-bond donors (Lipinski definition) is 0. The minimum absolute atomic E-state index is 1.15. The van der Waals surface area contributed by atoms with Gasteiger partial charge in [0.25, 0.3) is 0 Å². The van der Waals surface area contributed by atoms with Crippen LogP contribution in [-0.2, 0) is 4.65 Å². The third-order valence-corrected chi connectivity index (χ3v) is 3.48. The van der Waals surface area contributed by atoms with Crippen molar-refractivity contribution in [3.63, 3.8) is 0 Å². The monoisotopic (exact) mass is 418 g/mol.